The Labute approximate surface area is 135 Å². The molecule has 0 heterocycles. The molecule has 1 unspecified atom stereocenters. The van der Waals surface area contributed by atoms with Gasteiger partial charge in [0.15, 0.2) is 0 Å². The first-order valence-electron chi connectivity index (χ1n) is 7.67. The van der Waals surface area contributed by atoms with Crippen LogP contribution >= 0.6 is 0 Å². The number of aliphatic hydroxyl groups excluding tert-OH is 1. The number of carbonyl (C=O) groups is 2. The molecule has 0 bridgehead atoms. The molecule has 1 aromatic carbocycles. The van der Waals surface area contributed by atoms with Crippen LogP contribution in [0.2, 0.25) is 0 Å². The number of allylic oxidation sites excluding steroid dienone is 4. The van der Waals surface area contributed by atoms with Gasteiger partial charge >= 0.3 is 5.97 Å². The van der Waals surface area contributed by atoms with Crippen molar-refractivity contribution in [3.05, 3.63) is 58.8 Å². The molecule has 1 amide bonds. The molecule has 0 spiro atoms. The first-order valence-corrected chi connectivity index (χ1v) is 7.67. The number of hydrogen-bond donors (Lipinski definition) is 3. The number of carboxylic acids is 1. The van der Waals surface area contributed by atoms with Gasteiger partial charge in [0.2, 0.25) is 0 Å². The summed E-state index contributed by atoms with van der Waals surface area (Å²) in [6.45, 7) is 2.25. The summed E-state index contributed by atoms with van der Waals surface area (Å²) in [5, 5.41) is 20.9. The summed E-state index contributed by atoms with van der Waals surface area (Å²) in [4.78, 5) is 23.5. The second kappa shape index (κ2) is 7.74. The van der Waals surface area contributed by atoms with Crippen molar-refractivity contribution in [2.24, 2.45) is 5.92 Å². The highest BCUT2D eigenvalue weighted by atomic mass is 16.4. The van der Waals surface area contributed by atoms with Crippen LogP contribution < -0.4 is 5.32 Å². The summed E-state index contributed by atoms with van der Waals surface area (Å²) >= 11 is 0. The minimum atomic E-state index is -1.12. The van der Waals surface area contributed by atoms with Gasteiger partial charge in [0.1, 0.15) is 0 Å². The van der Waals surface area contributed by atoms with E-state index in [4.69, 9.17) is 10.2 Å². The van der Waals surface area contributed by atoms with Crippen LogP contribution in [0.25, 0.3) is 0 Å². The van der Waals surface area contributed by atoms with Crippen molar-refractivity contribution in [3.8, 4) is 0 Å². The lowest BCUT2D eigenvalue weighted by Gasteiger charge is -2.22. The van der Waals surface area contributed by atoms with Crippen molar-refractivity contribution < 1.29 is 19.8 Å². The molecule has 1 aliphatic rings. The number of carboxylic acid groups (broad SMARTS) is 1. The Hall–Kier alpha value is -2.40. The van der Waals surface area contributed by atoms with Crippen LogP contribution in [0.1, 0.15) is 46.9 Å². The number of rotatable bonds is 6. The second-order valence-electron chi connectivity index (χ2n) is 5.67. The zero-order chi connectivity index (χ0) is 16.8. The lowest BCUT2D eigenvalue weighted by molar-refractivity contribution is 0.0691. The molecular formula is C18H21NO4. The summed E-state index contributed by atoms with van der Waals surface area (Å²) in [6, 6.07) is 6.17. The highest BCUT2D eigenvalue weighted by Crippen LogP contribution is 2.27. The van der Waals surface area contributed by atoms with Crippen LogP contribution in [0.5, 0.6) is 0 Å². The third-order valence-electron chi connectivity index (χ3n) is 3.96. The number of amides is 1. The number of nitrogens with one attached hydrogen (secondary N) is 1. The van der Waals surface area contributed by atoms with Gasteiger partial charge in [-0.05, 0) is 43.4 Å². The van der Waals surface area contributed by atoms with E-state index in [1.54, 1.807) is 12.1 Å². The summed E-state index contributed by atoms with van der Waals surface area (Å²) in [5.41, 5.74) is 2.18. The molecule has 2 rings (SSSR count). The van der Waals surface area contributed by atoms with E-state index in [2.05, 4.69) is 12.2 Å². The highest BCUT2D eigenvalue weighted by Gasteiger charge is 2.19. The lowest BCUT2D eigenvalue weighted by Crippen LogP contribution is -2.27. The number of hydrogen-bond acceptors (Lipinski definition) is 3. The Balaban J connectivity index is 2.11. The largest absolute Gasteiger partial charge is 0.478 e. The molecule has 5 heteroatoms. The molecule has 1 atom stereocenters. The topological polar surface area (TPSA) is 86.6 Å². The molecule has 0 saturated carbocycles. The Morgan fingerprint density at radius 1 is 1.22 bits per heavy atom. The van der Waals surface area contributed by atoms with Gasteiger partial charge in [-0.25, -0.2) is 4.79 Å². The van der Waals surface area contributed by atoms with Gasteiger partial charge in [-0.15, -0.1) is 0 Å². The maximum absolute atomic E-state index is 12.3. The molecule has 3 N–H and O–H groups in total. The SMILES string of the molecule is CC1CC(NC(=O)c2ccccc2C(=O)O)=CC=C1CCCO. The van der Waals surface area contributed by atoms with Crippen molar-refractivity contribution in [2.45, 2.75) is 26.2 Å². The Kier molecular flexibility index (Phi) is 5.71. The molecule has 0 saturated heterocycles. The van der Waals surface area contributed by atoms with E-state index in [0.29, 0.717) is 6.42 Å². The van der Waals surface area contributed by atoms with E-state index in [9.17, 15) is 9.59 Å². The Bertz CT molecular complexity index is 661. The van der Waals surface area contributed by atoms with Crippen molar-refractivity contribution in [1.82, 2.24) is 5.32 Å². The van der Waals surface area contributed by atoms with E-state index in [0.717, 1.165) is 18.5 Å². The summed E-state index contributed by atoms with van der Waals surface area (Å²) in [5.74, 6) is -1.24. The minimum Gasteiger partial charge on any atom is -0.478 e. The van der Waals surface area contributed by atoms with Gasteiger partial charge < -0.3 is 15.5 Å². The maximum atomic E-state index is 12.3. The first kappa shape index (κ1) is 17.0. The number of aliphatic hydroxyl groups is 1. The fourth-order valence-electron chi connectivity index (χ4n) is 2.69. The standard InChI is InChI=1S/C18H21NO4/c1-12-11-14(9-8-13(12)5-4-10-20)19-17(21)15-6-2-3-7-16(15)18(22)23/h2-3,6-9,12,20H,4-5,10-11H2,1H3,(H,19,21)(H,22,23). The maximum Gasteiger partial charge on any atom is 0.336 e. The Morgan fingerprint density at radius 3 is 2.52 bits per heavy atom. The van der Waals surface area contributed by atoms with Gasteiger partial charge in [-0.1, -0.05) is 30.7 Å². The van der Waals surface area contributed by atoms with Crippen molar-refractivity contribution in [3.63, 3.8) is 0 Å². The zero-order valence-electron chi connectivity index (χ0n) is 13.1. The highest BCUT2D eigenvalue weighted by molar-refractivity contribution is 6.05. The Morgan fingerprint density at radius 2 is 1.91 bits per heavy atom. The fraction of sp³-hybridized carbons (Fsp3) is 0.333. The smallest absolute Gasteiger partial charge is 0.336 e. The van der Waals surface area contributed by atoms with Crippen molar-refractivity contribution >= 4 is 11.9 Å². The lowest BCUT2D eigenvalue weighted by atomic mass is 9.88. The van der Waals surface area contributed by atoms with Crippen LogP contribution in [-0.2, 0) is 0 Å². The zero-order valence-corrected chi connectivity index (χ0v) is 13.1. The monoisotopic (exact) mass is 315 g/mol. The molecule has 23 heavy (non-hydrogen) atoms. The molecule has 1 aliphatic carbocycles. The van der Waals surface area contributed by atoms with Gasteiger partial charge in [0.25, 0.3) is 5.91 Å². The average Bonchev–Trinajstić information content (AvgIpc) is 2.54. The summed E-state index contributed by atoms with van der Waals surface area (Å²) < 4.78 is 0. The van der Waals surface area contributed by atoms with Gasteiger partial charge in [0, 0.05) is 12.3 Å². The minimum absolute atomic E-state index is 0.00589. The predicted octanol–water partition coefficient (Wildman–Crippen LogP) is 2.74. The van der Waals surface area contributed by atoms with Crippen LogP contribution in [0, 0.1) is 5.92 Å². The molecule has 5 nitrogen and oxygen atoms in total. The summed E-state index contributed by atoms with van der Waals surface area (Å²) in [7, 11) is 0. The van der Waals surface area contributed by atoms with Gasteiger partial charge in [-0.2, -0.15) is 0 Å². The molecule has 1 aromatic rings. The third-order valence-corrected chi connectivity index (χ3v) is 3.96. The van der Waals surface area contributed by atoms with Crippen LogP contribution in [0.3, 0.4) is 0 Å². The van der Waals surface area contributed by atoms with E-state index >= 15 is 0 Å². The number of benzene rings is 1. The summed E-state index contributed by atoms with van der Waals surface area (Å²) in [6.07, 6.45) is 6.10. The van der Waals surface area contributed by atoms with Crippen LogP contribution in [-0.4, -0.2) is 28.7 Å². The molecular weight excluding hydrogens is 294 g/mol. The van der Waals surface area contributed by atoms with Gasteiger partial charge in [-0.3, -0.25) is 4.79 Å². The van der Waals surface area contributed by atoms with Crippen molar-refractivity contribution in [1.29, 1.82) is 0 Å². The molecule has 122 valence electrons. The molecule has 0 aliphatic heterocycles. The van der Waals surface area contributed by atoms with Crippen LogP contribution in [0.15, 0.2) is 47.7 Å². The molecule has 0 fully saturated rings. The van der Waals surface area contributed by atoms with Gasteiger partial charge in [0.05, 0.1) is 11.1 Å². The second-order valence-corrected chi connectivity index (χ2v) is 5.67. The van der Waals surface area contributed by atoms with E-state index in [-0.39, 0.29) is 23.7 Å². The predicted molar refractivity (Wildman–Crippen MR) is 87.1 cm³/mol. The normalized spacial score (nSPS) is 17.2. The quantitative estimate of drug-likeness (QED) is 0.753. The van der Waals surface area contributed by atoms with Crippen LogP contribution in [0.4, 0.5) is 0 Å². The van der Waals surface area contributed by atoms with E-state index in [1.165, 1.54) is 17.7 Å². The fourth-order valence-corrected chi connectivity index (χ4v) is 2.69. The van der Waals surface area contributed by atoms with E-state index in [1.807, 2.05) is 12.2 Å². The molecule has 0 aromatic heterocycles. The number of carbonyl (C=O) groups excluding carboxylic acids is 1. The van der Waals surface area contributed by atoms with E-state index < -0.39 is 11.9 Å². The number of aromatic carboxylic acids is 1. The average molecular weight is 315 g/mol. The van der Waals surface area contributed by atoms with Crippen molar-refractivity contribution in [2.75, 3.05) is 6.61 Å². The molecule has 0 radical (unpaired) electrons. The third kappa shape index (κ3) is 4.29. The first-order chi connectivity index (χ1) is 11.0.